The van der Waals surface area contributed by atoms with Crippen molar-refractivity contribution < 1.29 is 14.0 Å². The normalized spacial score (nSPS) is 21.4. The maximum Gasteiger partial charge on any atom is 0.246 e. The van der Waals surface area contributed by atoms with Gasteiger partial charge >= 0.3 is 0 Å². The lowest BCUT2D eigenvalue weighted by molar-refractivity contribution is -0.162. The number of amides is 2. The third-order valence-corrected chi connectivity index (χ3v) is 9.42. The van der Waals surface area contributed by atoms with E-state index in [-0.39, 0.29) is 48.5 Å². The SMILES string of the molecule is CCCCN1C(=O)[C@H](CC2CCCCC2)NC(=O)C12CCN(Cc1c(C)nn(-c3ccc(F)cc3)c1C)CC2.Cl.Cl. The average Bonchev–Trinajstić information content (AvgIpc) is 3.22. The summed E-state index contributed by atoms with van der Waals surface area (Å²) in [5.74, 6) is 0.463. The zero-order valence-corrected chi connectivity index (χ0v) is 26.3. The van der Waals surface area contributed by atoms with Crippen LogP contribution in [0.1, 0.15) is 88.1 Å². The molecule has 2 aromatic rings. The van der Waals surface area contributed by atoms with Crippen molar-refractivity contribution in [3.05, 3.63) is 47.0 Å². The molecular weight excluding hydrogens is 564 g/mol. The number of piperidine rings is 1. The van der Waals surface area contributed by atoms with Gasteiger partial charge in [0, 0.05) is 37.4 Å². The lowest BCUT2D eigenvalue weighted by atomic mass is 9.79. The standard InChI is InChI=1S/C31H44FN5O2.2ClH/c1-4-5-17-36-29(38)28(20-24-9-7-6-8-10-24)33-30(39)31(36)15-18-35(19-16-31)21-27-22(2)34-37(23(27)3)26-13-11-25(32)12-14-26;;/h11-14,24,28H,4-10,15-21H2,1-3H3,(H,33,39);2*1H/t28-;;/m0../s1. The number of aromatic nitrogens is 2. The summed E-state index contributed by atoms with van der Waals surface area (Å²) in [6.07, 6.45) is 10.1. The van der Waals surface area contributed by atoms with Gasteiger partial charge in [0.25, 0.3) is 0 Å². The van der Waals surface area contributed by atoms with Crippen LogP contribution in [0.3, 0.4) is 0 Å². The smallest absolute Gasteiger partial charge is 0.246 e. The van der Waals surface area contributed by atoms with Crippen LogP contribution in [0.4, 0.5) is 4.39 Å². The minimum absolute atomic E-state index is 0. The van der Waals surface area contributed by atoms with Crippen molar-refractivity contribution in [3.63, 3.8) is 0 Å². The van der Waals surface area contributed by atoms with E-state index in [1.165, 1.54) is 44.2 Å². The topological polar surface area (TPSA) is 70.5 Å². The third kappa shape index (κ3) is 6.91. The Morgan fingerprint density at radius 2 is 1.68 bits per heavy atom. The molecule has 0 radical (unpaired) electrons. The van der Waals surface area contributed by atoms with Gasteiger partial charge < -0.3 is 10.2 Å². The number of carbonyl (C=O) groups is 2. The number of benzene rings is 1. The van der Waals surface area contributed by atoms with E-state index in [2.05, 4.69) is 24.1 Å². The van der Waals surface area contributed by atoms with Gasteiger partial charge in [0.15, 0.2) is 0 Å². The second-order valence-corrected chi connectivity index (χ2v) is 12.0. The van der Waals surface area contributed by atoms with Gasteiger partial charge in [-0.25, -0.2) is 9.07 Å². The van der Waals surface area contributed by atoms with Gasteiger partial charge in [-0.05, 0) is 69.7 Å². The van der Waals surface area contributed by atoms with Gasteiger partial charge in [0.1, 0.15) is 17.4 Å². The van der Waals surface area contributed by atoms with E-state index >= 15 is 0 Å². The molecule has 3 aliphatic rings. The fourth-order valence-corrected chi connectivity index (χ4v) is 6.97. The fraction of sp³-hybridized carbons (Fsp3) is 0.645. The Morgan fingerprint density at radius 1 is 1.02 bits per heavy atom. The predicted molar refractivity (Wildman–Crippen MR) is 164 cm³/mol. The largest absolute Gasteiger partial charge is 0.342 e. The van der Waals surface area contributed by atoms with Crippen molar-refractivity contribution in [1.82, 2.24) is 24.9 Å². The molecule has 1 aromatic heterocycles. The molecule has 2 saturated heterocycles. The molecule has 2 aliphatic heterocycles. The molecule has 0 bridgehead atoms. The highest BCUT2D eigenvalue weighted by Crippen LogP contribution is 2.36. The van der Waals surface area contributed by atoms with Crippen LogP contribution in [0, 0.1) is 25.6 Å². The molecule has 1 aromatic carbocycles. The Bertz CT molecular complexity index is 1170. The van der Waals surface area contributed by atoms with E-state index in [0.717, 1.165) is 61.5 Å². The van der Waals surface area contributed by atoms with E-state index in [1.54, 1.807) is 12.1 Å². The summed E-state index contributed by atoms with van der Waals surface area (Å²) in [6, 6.07) is 6.03. The number of likely N-dealkylation sites (tertiary alicyclic amines) is 1. The van der Waals surface area contributed by atoms with E-state index < -0.39 is 5.54 Å². The number of nitrogens with zero attached hydrogens (tertiary/aromatic N) is 4. The Hall–Kier alpha value is -2.16. The molecule has 2 amide bonds. The van der Waals surface area contributed by atoms with Gasteiger partial charge in [-0.1, -0.05) is 45.4 Å². The average molecular weight is 611 g/mol. The molecule has 41 heavy (non-hydrogen) atoms. The number of piperazine rings is 1. The molecule has 10 heteroatoms. The van der Waals surface area contributed by atoms with E-state index in [0.29, 0.717) is 25.3 Å². The number of carbonyl (C=O) groups excluding carboxylic acids is 2. The Balaban J connectivity index is 0.00000231. The van der Waals surface area contributed by atoms with Gasteiger partial charge in [0.05, 0.1) is 11.4 Å². The van der Waals surface area contributed by atoms with Crippen LogP contribution in [0.15, 0.2) is 24.3 Å². The second-order valence-electron chi connectivity index (χ2n) is 12.0. The summed E-state index contributed by atoms with van der Waals surface area (Å²) in [4.78, 5) is 31.9. The van der Waals surface area contributed by atoms with Crippen LogP contribution in [0.25, 0.3) is 5.69 Å². The van der Waals surface area contributed by atoms with Crippen LogP contribution in [-0.4, -0.2) is 62.6 Å². The minimum Gasteiger partial charge on any atom is -0.342 e. The number of unbranched alkanes of at least 4 members (excludes halogenated alkanes) is 1. The summed E-state index contributed by atoms with van der Waals surface area (Å²) < 4.78 is 15.3. The Kier molecular flexibility index (Phi) is 11.7. The Labute approximate surface area is 256 Å². The molecule has 1 saturated carbocycles. The quantitative estimate of drug-likeness (QED) is 0.404. The molecular formula is C31H46Cl2FN5O2. The summed E-state index contributed by atoms with van der Waals surface area (Å²) in [7, 11) is 0. The number of halogens is 3. The molecule has 228 valence electrons. The number of hydrogen-bond donors (Lipinski definition) is 1. The van der Waals surface area contributed by atoms with Crippen molar-refractivity contribution in [1.29, 1.82) is 0 Å². The maximum atomic E-state index is 13.8. The predicted octanol–water partition coefficient (Wildman–Crippen LogP) is 5.90. The minimum atomic E-state index is -0.742. The highest BCUT2D eigenvalue weighted by atomic mass is 35.5. The van der Waals surface area contributed by atoms with E-state index in [4.69, 9.17) is 5.10 Å². The van der Waals surface area contributed by atoms with Crippen LogP contribution in [0.2, 0.25) is 0 Å². The number of nitrogens with one attached hydrogen (secondary N) is 1. The summed E-state index contributed by atoms with van der Waals surface area (Å²) in [5, 5.41) is 7.93. The lowest BCUT2D eigenvalue weighted by Gasteiger charge is -2.52. The van der Waals surface area contributed by atoms with Crippen LogP contribution >= 0.6 is 24.8 Å². The van der Waals surface area contributed by atoms with Gasteiger partial charge in [-0.3, -0.25) is 14.5 Å². The molecule has 1 aliphatic carbocycles. The van der Waals surface area contributed by atoms with Crippen molar-refractivity contribution >= 4 is 36.6 Å². The zero-order valence-electron chi connectivity index (χ0n) is 24.7. The molecule has 5 rings (SSSR count). The van der Waals surface area contributed by atoms with Crippen molar-refractivity contribution in [2.75, 3.05) is 19.6 Å². The molecule has 1 N–H and O–H groups in total. The number of rotatable bonds is 8. The lowest BCUT2D eigenvalue weighted by Crippen LogP contribution is -2.73. The van der Waals surface area contributed by atoms with Gasteiger partial charge in [0.2, 0.25) is 11.8 Å². The van der Waals surface area contributed by atoms with Crippen molar-refractivity contribution in [3.8, 4) is 5.69 Å². The van der Waals surface area contributed by atoms with Crippen molar-refractivity contribution in [2.24, 2.45) is 5.92 Å². The first-order chi connectivity index (χ1) is 18.8. The van der Waals surface area contributed by atoms with Gasteiger partial charge in [-0.15, -0.1) is 24.8 Å². The molecule has 1 atom stereocenters. The highest BCUT2D eigenvalue weighted by Gasteiger charge is 2.53. The first-order valence-corrected chi connectivity index (χ1v) is 15.0. The summed E-state index contributed by atoms with van der Waals surface area (Å²) in [6.45, 7) is 9.10. The fourth-order valence-electron chi connectivity index (χ4n) is 6.97. The van der Waals surface area contributed by atoms with Gasteiger partial charge in [-0.2, -0.15) is 5.10 Å². The Morgan fingerprint density at radius 3 is 2.32 bits per heavy atom. The maximum absolute atomic E-state index is 13.8. The number of aryl methyl sites for hydroxylation is 1. The first-order valence-electron chi connectivity index (χ1n) is 15.0. The first kappa shape index (κ1) is 33.3. The van der Waals surface area contributed by atoms with Crippen LogP contribution in [-0.2, 0) is 16.1 Å². The third-order valence-electron chi connectivity index (χ3n) is 9.42. The number of hydrogen-bond acceptors (Lipinski definition) is 4. The summed E-state index contributed by atoms with van der Waals surface area (Å²) >= 11 is 0. The summed E-state index contributed by atoms with van der Waals surface area (Å²) in [5.41, 5.74) is 3.26. The molecule has 0 unspecified atom stereocenters. The second kappa shape index (κ2) is 14.3. The van der Waals surface area contributed by atoms with E-state index in [1.807, 2.05) is 16.5 Å². The van der Waals surface area contributed by atoms with Crippen LogP contribution in [0.5, 0.6) is 0 Å². The van der Waals surface area contributed by atoms with Crippen LogP contribution < -0.4 is 5.32 Å². The molecule has 1 spiro atoms. The molecule has 3 heterocycles. The highest BCUT2D eigenvalue weighted by molar-refractivity contribution is 6.00. The monoisotopic (exact) mass is 609 g/mol. The zero-order chi connectivity index (χ0) is 27.6. The molecule has 3 fully saturated rings. The van der Waals surface area contributed by atoms with Crippen molar-refractivity contribution in [2.45, 2.75) is 103 Å². The van der Waals surface area contributed by atoms with E-state index in [9.17, 15) is 14.0 Å². The molecule has 7 nitrogen and oxygen atoms in total.